The Morgan fingerprint density at radius 2 is 2.00 bits per heavy atom. The number of hydrogen-bond donors (Lipinski definition) is 0. The SMILES string of the molecule is CCCCC(=O)CC(C)CC1(C)OCCO1. The number of carbonyl (C=O) groups excluding carboxylic acids is 1. The molecule has 3 nitrogen and oxygen atoms in total. The molecule has 1 fully saturated rings. The lowest BCUT2D eigenvalue weighted by Crippen LogP contribution is -2.28. The molecule has 0 spiro atoms. The fraction of sp³-hybridized carbons (Fsp3) is 0.923. The second-order valence-corrected chi connectivity index (χ2v) is 4.99. The smallest absolute Gasteiger partial charge is 0.166 e. The maximum absolute atomic E-state index is 11.6. The predicted octanol–water partition coefficient (Wildman–Crippen LogP) is 2.93. The van der Waals surface area contributed by atoms with Crippen LogP contribution in [0.3, 0.4) is 0 Å². The Bertz CT molecular complexity index is 219. The molecule has 0 aromatic carbocycles. The van der Waals surface area contributed by atoms with Gasteiger partial charge >= 0.3 is 0 Å². The van der Waals surface area contributed by atoms with Crippen LogP contribution in [0.4, 0.5) is 0 Å². The van der Waals surface area contributed by atoms with E-state index in [9.17, 15) is 4.79 Å². The van der Waals surface area contributed by atoms with Crippen molar-refractivity contribution in [3.8, 4) is 0 Å². The first-order valence-electron chi connectivity index (χ1n) is 6.35. The Morgan fingerprint density at radius 1 is 1.38 bits per heavy atom. The van der Waals surface area contributed by atoms with Crippen LogP contribution in [0.25, 0.3) is 0 Å². The normalized spacial score (nSPS) is 20.9. The van der Waals surface area contributed by atoms with Gasteiger partial charge < -0.3 is 9.47 Å². The lowest BCUT2D eigenvalue weighted by molar-refractivity contribution is -0.155. The van der Waals surface area contributed by atoms with E-state index in [1.165, 1.54) is 0 Å². The van der Waals surface area contributed by atoms with E-state index in [2.05, 4.69) is 13.8 Å². The summed E-state index contributed by atoms with van der Waals surface area (Å²) in [5.74, 6) is 0.258. The highest BCUT2D eigenvalue weighted by Gasteiger charge is 2.32. The molecule has 0 N–H and O–H groups in total. The Kier molecular flexibility index (Phi) is 5.42. The number of ether oxygens (including phenoxy) is 2. The summed E-state index contributed by atoms with van der Waals surface area (Å²) in [6, 6.07) is 0. The van der Waals surface area contributed by atoms with Crippen LogP contribution in [0.15, 0.2) is 0 Å². The molecule has 0 radical (unpaired) electrons. The third-order valence-corrected chi connectivity index (χ3v) is 3.00. The first kappa shape index (κ1) is 13.7. The van der Waals surface area contributed by atoms with Crippen LogP contribution in [0.5, 0.6) is 0 Å². The molecule has 0 amide bonds. The first-order valence-corrected chi connectivity index (χ1v) is 6.35. The van der Waals surface area contributed by atoms with E-state index in [1.54, 1.807) is 0 Å². The quantitative estimate of drug-likeness (QED) is 0.672. The van der Waals surface area contributed by atoms with E-state index in [0.29, 0.717) is 31.3 Å². The highest BCUT2D eigenvalue weighted by molar-refractivity contribution is 5.78. The predicted molar refractivity (Wildman–Crippen MR) is 63.2 cm³/mol. The zero-order valence-corrected chi connectivity index (χ0v) is 10.8. The molecule has 0 aliphatic carbocycles. The van der Waals surface area contributed by atoms with Crippen molar-refractivity contribution in [1.82, 2.24) is 0 Å². The van der Waals surface area contributed by atoms with Crippen LogP contribution < -0.4 is 0 Å². The van der Waals surface area contributed by atoms with Crippen molar-refractivity contribution in [2.45, 2.75) is 58.7 Å². The number of unbranched alkanes of at least 4 members (excludes halogenated alkanes) is 1. The van der Waals surface area contributed by atoms with E-state index in [4.69, 9.17) is 9.47 Å². The molecule has 94 valence electrons. The van der Waals surface area contributed by atoms with Gasteiger partial charge in [0.2, 0.25) is 0 Å². The molecule has 1 heterocycles. The minimum atomic E-state index is -0.454. The highest BCUT2D eigenvalue weighted by Crippen LogP contribution is 2.28. The Hall–Kier alpha value is -0.410. The van der Waals surface area contributed by atoms with Crippen molar-refractivity contribution in [3.63, 3.8) is 0 Å². The van der Waals surface area contributed by atoms with E-state index in [0.717, 1.165) is 25.7 Å². The van der Waals surface area contributed by atoms with Gasteiger partial charge in [0, 0.05) is 19.3 Å². The largest absolute Gasteiger partial charge is 0.348 e. The van der Waals surface area contributed by atoms with Gasteiger partial charge in [0.15, 0.2) is 5.79 Å². The van der Waals surface area contributed by atoms with Gasteiger partial charge in [-0.05, 0) is 19.3 Å². The zero-order valence-electron chi connectivity index (χ0n) is 10.8. The second kappa shape index (κ2) is 6.36. The lowest BCUT2D eigenvalue weighted by Gasteiger charge is -2.25. The summed E-state index contributed by atoms with van der Waals surface area (Å²) in [7, 11) is 0. The number of ketones is 1. The summed E-state index contributed by atoms with van der Waals surface area (Å²) in [6.45, 7) is 7.52. The van der Waals surface area contributed by atoms with Gasteiger partial charge in [-0.25, -0.2) is 0 Å². The minimum Gasteiger partial charge on any atom is -0.348 e. The third kappa shape index (κ3) is 4.62. The number of carbonyl (C=O) groups is 1. The van der Waals surface area contributed by atoms with Crippen molar-refractivity contribution in [2.75, 3.05) is 13.2 Å². The van der Waals surface area contributed by atoms with E-state index >= 15 is 0 Å². The molecule has 1 aliphatic heterocycles. The molecule has 1 aliphatic rings. The van der Waals surface area contributed by atoms with Crippen molar-refractivity contribution < 1.29 is 14.3 Å². The van der Waals surface area contributed by atoms with E-state index in [1.807, 2.05) is 6.92 Å². The van der Waals surface area contributed by atoms with E-state index in [-0.39, 0.29) is 0 Å². The maximum Gasteiger partial charge on any atom is 0.166 e. The Morgan fingerprint density at radius 3 is 2.56 bits per heavy atom. The van der Waals surface area contributed by atoms with Gasteiger partial charge in [0.05, 0.1) is 13.2 Å². The summed E-state index contributed by atoms with van der Waals surface area (Å²) in [5, 5.41) is 0. The maximum atomic E-state index is 11.6. The molecule has 0 saturated carbocycles. The summed E-state index contributed by atoms with van der Waals surface area (Å²) in [6.07, 6.45) is 4.28. The van der Waals surface area contributed by atoms with Gasteiger partial charge in [-0.1, -0.05) is 20.3 Å². The highest BCUT2D eigenvalue weighted by atomic mass is 16.7. The molecule has 0 aromatic rings. The summed E-state index contributed by atoms with van der Waals surface area (Å²) >= 11 is 0. The molecule has 1 saturated heterocycles. The number of Topliss-reactive ketones (excluding diaryl/α,β-unsaturated/α-hetero) is 1. The van der Waals surface area contributed by atoms with Crippen molar-refractivity contribution in [2.24, 2.45) is 5.92 Å². The molecular formula is C13H24O3. The van der Waals surface area contributed by atoms with Gasteiger partial charge in [-0.2, -0.15) is 0 Å². The topological polar surface area (TPSA) is 35.5 Å². The number of rotatable bonds is 7. The fourth-order valence-electron chi connectivity index (χ4n) is 2.24. The monoisotopic (exact) mass is 228 g/mol. The van der Waals surface area contributed by atoms with Crippen LogP contribution in [0.2, 0.25) is 0 Å². The minimum absolute atomic E-state index is 0.340. The van der Waals surface area contributed by atoms with Gasteiger partial charge in [-0.3, -0.25) is 4.79 Å². The molecule has 0 aromatic heterocycles. The summed E-state index contributed by atoms with van der Waals surface area (Å²) in [4.78, 5) is 11.6. The van der Waals surface area contributed by atoms with Gasteiger partial charge in [-0.15, -0.1) is 0 Å². The molecule has 0 bridgehead atoms. The zero-order chi connectivity index (χ0) is 12.0. The molecule has 1 unspecified atom stereocenters. The molecule has 16 heavy (non-hydrogen) atoms. The lowest BCUT2D eigenvalue weighted by atomic mass is 9.95. The van der Waals surface area contributed by atoms with E-state index < -0.39 is 5.79 Å². The molecule has 1 rings (SSSR count). The van der Waals surface area contributed by atoms with Crippen LogP contribution in [0, 0.1) is 5.92 Å². The molecule has 3 heteroatoms. The standard InChI is InChI=1S/C13H24O3/c1-4-5-6-12(14)9-11(2)10-13(3)15-7-8-16-13/h11H,4-10H2,1-3H3. The van der Waals surface area contributed by atoms with Crippen molar-refractivity contribution in [3.05, 3.63) is 0 Å². The van der Waals surface area contributed by atoms with Crippen molar-refractivity contribution in [1.29, 1.82) is 0 Å². The van der Waals surface area contributed by atoms with Gasteiger partial charge in [0.1, 0.15) is 5.78 Å². The first-order chi connectivity index (χ1) is 7.56. The van der Waals surface area contributed by atoms with Crippen LogP contribution in [0.1, 0.15) is 52.9 Å². The van der Waals surface area contributed by atoms with Crippen LogP contribution in [-0.4, -0.2) is 24.8 Å². The Labute approximate surface area is 98.5 Å². The fourth-order valence-corrected chi connectivity index (χ4v) is 2.24. The third-order valence-electron chi connectivity index (χ3n) is 3.00. The second-order valence-electron chi connectivity index (χ2n) is 4.99. The molecule has 1 atom stereocenters. The number of hydrogen-bond acceptors (Lipinski definition) is 3. The molecular weight excluding hydrogens is 204 g/mol. The van der Waals surface area contributed by atoms with Crippen LogP contribution >= 0.6 is 0 Å². The van der Waals surface area contributed by atoms with Gasteiger partial charge in [0.25, 0.3) is 0 Å². The summed E-state index contributed by atoms with van der Waals surface area (Å²) < 4.78 is 11.1. The Balaban J connectivity index is 2.24. The van der Waals surface area contributed by atoms with Crippen molar-refractivity contribution >= 4 is 5.78 Å². The average Bonchev–Trinajstić information content (AvgIpc) is 2.61. The average molecular weight is 228 g/mol. The van der Waals surface area contributed by atoms with Crippen LogP contribution in [-0.2, 0) is 14.3 Å². The summed E-state index contributed by atoms with van der Waals surface area (Å²) in [5.41, 5.74) is 0.